The molecule has 2 nitrogen and oxygen atoms in total. The first-order valence-corrected chi connectivity index (χ1v) is 6.95. The van der Waals surface area contributed by atoms with Crippen LogP contribution >= 0.6 is 11.6 Å². The van der Waals surface area contributed by atoms with E-state index in [0.29, 0.717) is 18.0 Å². The summed E-state index contributed by atoms with van der Waals surface area (Å²) in [4.78, 5) is 2.06. The number of benzene rings is 1. The highest BCUT2D eigenvalue weighted by Crippen LogP contribution is 2.28. The summed E-state index contributed by atoms with van der Waals surface area (Å²) in [7, 11) is 1.93. The summed E-state index contributed by atoms with van der Waals surface area (Å²) in [6, 6.07) is 7.41. The third kappa shape index (κ3) is 4.65. The Bertz CT molecular complexity index is 450. The number of piperidine rings is 1. The number of hydrogen-bond acceptors (Lipinski definition) is 2. The fourth-order valence-corrected chi connectivity index (χ4v) is 2.93. The van der Waals surface area contributed by atoms with Crippen molar-refractivity contribution in [2.24, 2.45) is 0 Å². The van der Waals surface area contributed by atoms with Crippen molar-refractivity contribution in [3.8, 4) is 0 Å². The maximum Gasteiger partial charge on any atom is 0.401 e. The van der Waals surface area contributed by atoms with Crippen molar-refractivity contribution in [2.75, 3.05) is 26.7 Å². The zero-order valence-electron chi connectivity index (χ0n) is 11.3. The van der Waals surface area contributed by atoms with Crippen LogP contribution in [-0.2, 0) is 0 Å². The topological polar surface area (TPSA) is 15.3 Å². The molecule has 0 saturated carbocycles. The molecular weight excluding hydrogens is 289 g/mol. The molecule has 20 heavy (non-hydrogen) atoms. The number of halogens is 4. The summed E-state index contributed by atoms with van der Waals surface area (Å²) in [5.74, 6) is 0.207. The fraction of sp³-hybridized carbons (Fsp3) is 0.571. The van der Waals surface area contributed by atoms with Gasteiger partial charge in [-0.05, 0) is 37.1 Å². The van der Waals surface area contributed by atoms with Gasteiger partial charge >= 0.3 is 6.18 Å². The zero-order chi connectivity index (χ0) is 14.8. The molecule has 1 heterocycles. The number of nitrogens with zero attached hydrogens (tertiary/aromatic N) is 1. The lowest BCUT2D eigenvalue weighted by Crippen LogP contribution is -2.49. The van der Waals surface area contributed by atoms with Gasteiger partial charge < -0.3 is 10.2 Å². The highest BCUT2D eigenvalue weighted by molar-refractivity contribution is 6.30. The summed E-state index contributed by atoms with van der Waals surface area (Å²) in [5.41, 5.74) is 1.09. The molecule has 1 aliphatic heterocycles. The lowest BCUT2D eigenvalue weighted by atomic mass is 9.88. The molecule has 2 atom stereocenters. The molecule has 0 spiro atoms. The van der Waals surface area contributed by atoms with Crippen molar-refractivity contribution in [3.05, 3.63) is 34.9 Å². The van der Waals surface area contributed by atoms with Gasteiger partial charge in [0.25, 0.3) is 0 Å². The average molecular weight is 307 g/mol. The van der Waals surface area contributed by atoms with E-state index in [2.05, 4.69) is 10.2 Å². The Morgan fingerprint density at radius 1 is 1.35 bits per heavy atom. The highest BCUT2D eigenvalue weighted by atomic mass is 35.5. The Labute approximate surface area is 121 Å². The van der Waals surface area contributed by atoms with Gasteiger partial charge in [0, 0.05) is 24.2 Å². The van der Waals surface area contributed by atoms with Crippen molar-refractivity contribution < 1.29 is 13.2 Å². The lowest BCUT2D eigenvalue weighted by molar-refractivity contribution is -0.127. The first-order chi connectivity index (χ1) is 9.33. The Morgan fingerprint density at radius 3 is 2.75 bits per heavy atom. The first-order valence-electron chi connectivity index (χ1n) is 6.57. The highest BCUT2D eigenvalue weighted by Gasteiger charge is 2.31. The van der Waals surface area contributed by atoms with Crippen LogP contribution in [0.3, 0.4) is 0 Å². The van der Waals surface area contributed by atoms with Crippen LogP contribution in [0.15, 0.2) is 24.3 Å². The van der Waals surface area contributed by atoms with Crippen molar-refractivity contribution in [3.63, 3.8) is 0 Å². The molecule has 0 amide bonds. The third-order valence-corrected chi connectivity index (χ3v) is 3.78. The van der Waals surface area contributed by atoms with E-state index in [1.54, 1.807) is 6.07 Å². The van der Waals surface area contributed by atoms with Gasteiger partial charge in [0.15, 0.2) is 0 Å². The molecule has 112 valence electrons. The lowest BCUT2D eigenvalue weighted by Gasteiger charge is -2.36. The van der Waals surface area contributed by atoms with E-state index in [-0.39, 0.29) is 12.0 Å². The monoisotopic (exact) mass is 306 g/mol. The van der Waals surface area contributed by atoms with Crippen LogP contribution in [0.4, 0.5) is 13.2 Å². The average Bonchev–Trinajstić information content (AvgIpc) is 2.35. The van der Waals surface area contributed by atoms with Crippen LogP contribution < -0.4 is 5.32 Å². The molecule has 0 aliphatic carbocycles. The molecule has 1 N–H and O–H groups in total. The number of likely N-dealkylation sites (tertiary alicyclic amines) is 1. The van der Waals surface area contributed by atoms with Gasteiger partial charge in [0.1, 0.15) is 0 Å². The van der Waals surface area contributed by atoms with Gasteiger partial charge in [0.2, 0.25) is 0 Å². The fourth-order valence-electron chi connectivity index (χ4n) is 2.73. The molecule has 0 radical (unpaired) electrons. The van der Waals surface area contributed by atoms with Crippen LogP contribution in [0, 0.1) is 0 Å². The maximum atomic E-state index is 12.3. The minimum Gasteiger partial charge on any atom is -0.305 e. The van der Waals surface area contributed by atoms with E-state index in [9.17, 15) is 13.2 Å². The minimum atomic E-state index is -4.17. The second-order valence-corrected chi connectivity index (χ2v) is 5.84. The molecule has 1 saturated heterocycles. The van der Waals surface area contributed by atoms with E-state index < -0.39 is 12.7 Å². The molecular formula is C14H18ClF3N2. The van der Waals surface area contributed by atoms with E-state index >= 15 is 0 Å². The Kier molecular flexibility index (Phi) is 4.94. The zero-order valence-corrected chi connectivity index (χ0v) is 12.0. The van der Waals surface area contributed by atoms with Crippen LogP contribution in [-0.4, -0.2) is 43.8 Å². The number of rotatable bonds is 3. The van der Waals surface area contributed by atoms with Crippen molar-refractivity contribution in [2.45, 2.75) is 24.6 Å². The number of likely N-dealkylation sites (N-methyl/N-ethyl adjacent to an activating group) is 1. The predicted molar refractivity (Wildman–Crippen MR) is 74.2 cm³/mol. The Morgan fingerprint density at radius 2 is 2.10 bits per heavy atom. The second kappa shape index (κ2) is 6.33. The molecule has 2 unspecified atom stereocenters. The van der Waals surface area contributed by atoms with Gasteiger partial charge in [0.05, 0.1) is 6.54 Å². The summed E-state index contributed by atoms with van der Waals surface area (Å²) in [6.45, 7) is 0.533. The second-order valence-electron chi connectivity index (χ2n) is 5.40. The summed E-state index contributed by atoms with van der Waals surface area (Å²) >= 11 is 5.98. The molecule has 1 aromatic carbocycles. The van der Waals surface area contributed by atoms with Crippen LogP contribution in [0.25, 0.3) is 0 Å². The van der Waals surface area contributed by atoms with Crippen LogP contribution in [0.5, 0.6) is 0 Å². The molecule has 2 rings (SSSR count). The van der Waals surface area contributed by atoms with E-state index in [1.165, 1.54) is 0 Å². The van der Waals surface area contributed by atoms with Gasteiger partial charge in [-0.3, -0.25) is 0 Å². The van der Waals surface area contributed by atoms with Gasteiger partial charge in [-0.2, -0.15) is 13.2 Å². The summed E-state index contributed by atoms with van der Waals surface area (Å²) in [6.07, 6.45) is -3.47. The number of nitrogens with one attached hydrogen (secondary N) is 1. The van der Waals surface area contributed by atoms with E-state index in [0.717, 1.165) is 12.1 Å². The van der Waals surface area contributed by atoms with E-state index in [1.807, 2.05) is 25.2 Å². The van der Waals surface area contributed by atoms with Gasteiger partial charge in [-0.1, -0.05) is 23.7 Å². The van der Waals surface area contributed by atoms with Crippen molar-refractivity contribution in [1.82, 2.24) is 10.2 Å². The number of alkyl halides is 3. The molecule has 0 bridgehead atoms. The van der Waals surface area contributed by atoms with E-state index in [4.69, 9.17) is 11.6 Å². The molecule has 1 aromatic rings. The largest absolute Gasteiger partial charge is 0.401 e. The minimum absolute atomic E-state index is 0.153. The third-order valence-electron chi connectivity index (χ3n) is 3.54. The van der Waals surface area contributed by atoms with Crippen LogP contribution in [0.1, 0.15) is 17.9 Å². The number of hydrogen-bond donors (Lipinski definition) is 1. The van der Waals surface area contributed by atoms with Crippen molar-refractivity contribution in [1.29, 1.82) is 0 Å². The van der Waals surface area contributed by atoms with Crippen LogP contribution in [0.2, 0.25) is 5.02 Å². The maximum absolute atomic E-state index is 12.3. The van der Waals surface area contributed by atoms with Gasteiger partial charge in [-0.25, -0.2) is 0 Å². The standard InChI is InChI=1S/C14H18ClF3N2/c1-20-7-11(10-3-2-4-12(15)5-10)6-13(8-20)19-9-14(16,17)18/h2-5,11,13,19H,6-9H2,1H3. The Balaban J connectivity index is 2.01. The SMILES string of the molecule is CN1CC(NCC(F)(F)F)CC(c2cccc(Cl)c2)C1. The van der Waals surface area contributed by atoms with Crippen molar-refractivity contribution >= 4 is 11.6 Å². The quantitative estimate of drug-likeness (QED) is 0.922. The summed E-state index contributed by atoms with van der Waals surface area (Å²) in [5, 5.41) is 3.27. The predicted octanol–water partition coefficient (Wildman–Crippen LogP) is 3.28. The summed E-state index contributed by atoms with van der Waals surface area (Å²) < 4.78 is 36.9. The van der Waals surface area contributed by atoms with Gasteiger partial charge in [-0.15, -0.1) is 0 Å². The molecule has 6 heteroatoms. The Hall–Kier alpha value is -0.780. The molecule has 1 aliphatic rings. The molecule has 0 aromatic heterocycles. The molecule has 1 fully saturated rings. The normalized spacial score (nSPS) is 24.9. The smallest absolute Gasteiger partial charge is 0.305 e. The first kappa shape index (κ1) is 15.6.